The van der Waals surface area contributed by atoms with E-state index in [0.29, 0.717) is 29.0 Å². The number of halogens is 3. The lowest BCUT2D eigenvalue weighted by molar-refractivity contribution is -0.163. The Kier molecular flexibility index (Phi) is 6.20. The van der Waals surface area contributed by atoms with Crippen molar-refractivity contribution in [3.63, 3.8) is 0 Å². The number of benzene rings is 1. The third-order valence-electron chi connectivity index (χ3n) is 6.19. The monoisotopic (exact) mass is 475 g/mol. The minimum absolute atomic E-state index is 0.0830. The highest BCUT2D eigenvalue weighted by atomic mass is 19.4. The van der Waals surface area contributed by atoms with Gasteiger partial charge in [0.2, 0.25) is 5.91 Å². The number of amides is 4. The number of hydrogen-bond acceptors (Lipinski definition) is 5. The maximum Gasteiger partial charge on any atom is 0.408 e. The number of urea groups is 1. The molecule has 2 fully saturated rings. The van der Waals surface area contributed by atoms with Crippen LogP contribution in [-0.2, 0) is 16.0 Å². The van der Waals surface area contributed by atoms with Gasteiger partial charge >= 0.3 is 12.2 Å². The van der Waals surface area contributed by atoms with E-state index in [1.54, 1.807) is 42.5 Å². The van der Waals surface area contributed by atoms with Crippen LogP contribution < -0.4 is 16.0 Å². The van der Waals surface area contributed by atoms with E-state index in [4.69, 9.17) is 5.73 Å². The number of anilines is 2. The summed E-state index contributed by atoms with van der Waals surface area (Å²) in [7, 11) is 1.49. The van der Waals surface area contributed by atoms with Gasteiger partial charge < -0.3 is 16.0 Å². The summed E-state index contributed by atoms with van der Waals surface area (Å²) in [6, 6.07) is 7.18. The normalized spacial score (nSPS) is 20.9. The Balaban J connectivity index is 1.59. The zero-order chi connectivity index (χ0) is 24.6. The third-order valence-corrected chi connectivity index (χ3v) is 6.19. The molecule has 1 aromatic heterocycles. The average molecular weight is 475 g/mol. The molecule has 34 heavy (non-hydrogen) atoms. The van der Waals surface area contributed by atoms with Crippen molar-refractivity contribution in [2.24, 2.45) is 11.8 Å². The van der Waals surface area contributed by atoms with Crippen molar-refractivity contribution in [1.29, 1.82) is 0 Å². The van der Waals surface area contributed by atoms with Crippen molar-refractivity contribution in [2.45, 2.75) is 37.5 Å². The molecule has 180 valence electrons. The van der Waals surface area contributed by atoms with Crippen LogP contribution in [0.25, 0.3) is 0 Å². The number of carbonyl (C=O) groups excluding carboxylic acids is 3. The van der Waals surface area contributed by atoms with Crippen LogP contribution in [0.3, 0.4) is 0 Å². The van der Waals surface area contributed by atoms with Gasteiger partial charge in [0.05, 0.1) is 5.92 Å². The molecular formula is C23H24F3N5O3. The minimum Gasteiger partial charge on any atom is -0.384 e. The maximum absolute atomic E-state index is 13.4. The molecule has 2 heterocycles. The number of nitrogens with zero attached hydrogens (tertiary/aromatic N) is 3. The number of aromatic nitrogens is 1. The molecule has 2 aromatic rings. The van der Waals surface area contributed by atoms with E-state index < -0.39 is 47.9 Å². The summed E-state index contributed by atoms with van der Waals surface area (Å²) >= 11 is 0. The number of β-lactam (4-membered cyclic amide) rings is 1. The first kappa shape index (κ1) is 23.5. The number of nitrogen functional groups attached to an aromatic ring is 1. The van der Waals surface area contributed by atoms with Gasteiger partial charge in [-0.3, -0.25) is 14.5 Å². The topological polar surface area (TPSA) is 109 Å². The molecule has 4 amide bonds. The number of likely N-dealkylation sites (N-methyl/N-ethyl adjacent to an activating group) is 1. The molecule has 1 aliphatic heterocycles. The van der Waals surface area contributed by atoms with E-state index in [2.05, 4.69) is 4.98 Å². The molecule has 1 saturated heterocycles. The zero-order valence-corrected chi connectivity index (χ0v) is 18.3. The van der Waals surface area contributed by atoms with E-state index in [0.717, 1.165) is 0 Å². The minimum atomic E-state index is -4.65. The largest absolute Gasteiger partial charge is 0.408 e. The molecule has 1 aliphatic carbocycles. The highest BCUT2D eigenvalue weighted by Crippen LogP contribution is 2.41. The van der Waals surface area contributed by atoms with Crippen molar-refractivity contribution in [1.82, 2.24) is 15.2 Å². The van der Waals surface area contributed by atoms with Crippen LogP contribution >= 0.6 is 0 Å². The zero-order valence-electron chi connectivity index (χ0n) is 18.3. The smallest absolute Gasteiger partial charge is 0.384 e. The predicted molar refractivity (Wildman–Crippen MR) is 117 cm³/mol. The number of carbonyl (C=O) groups is 3. The third kappa shape index (κ3) is 4.68. The van der Waals surface area contributed by atoms with Crippen LogP contribution in [0.1, 0.15) is 18.4 Å². The molecule has 0 radical (unpaired) electrons. The van der Waals surface area contributed by atoms with Crippen LogP contribution in [-0.4, -0.2) is 53.0 Å². The van der Waals surface area contributed by atoms with Gasteiger partial charge in [-0.15, -0.1) is 0 Å². The summed E-state index contributed by atoms with van der Waals surface area (Å²) in [5, 5.41) is 1.95. The average Bonchev–Trinajstić information content (AvgIpc) is 3.63. The van der Waals surface area contributed by atoms with Crippen LogP contribution in [0.5, 0.6) is 0 Å². The summed E-state index contributed by atoms with van der Waals surface area (Å²) < 4.78 is 40.3. The van der Waals surface area contributed by atoms with E-state index in [1.165, 1.54) is 18.1 Å². The Morgan fingerprint density at radius 3 is 2.50 bits per heavy atom. The van der Waals surface area contributed by atoms with Gasteiger partial charge in [0.1, 0.15) is 17.9 Å². The molecule has 4 rings (SSSR count). The lowest BCUT2D eigenvalue weighted by Gasteiger charge is -2.46. The van der Waals surface area contributed by atoms with Gasteiger partial charge in [-0.05, 0) is 55.0 Å². The molecule has 1 unspecified atom stereocenters. The number of alkyl halides is 3. The summed E-state index contributed by atoms with van der Waals surface area (Å²) in [6.45, 7) is 0. The molecule has 0 bridgehead atoms. The van der Waals surface area contributed by atoms with Crippen molar-refractivity contribution in [3.8, 4) is 0 Å². The number of nitrogens with two attached hydrogens (primary N) is 1. The van der Waals surface area contributed by atoms with Gasteiger partial charge in [0.25, 0.3) is 5.91 Å². The fraction of sp³-hybridized carbons (Fsp3) is 0.391. The molecule has 1 aromatic carbocycles. The standard InChI is InChI=1S/C23H24F3N5O3/c1-30(15-5-3-2-4-6-15)21(33)18-16(11-13-9-10-28-17(27)12-13)20(32)31(18)22(34)29-19(14-7-8-14)23(24,25)26/h2-6,9-10,12,14,16,18-19H,7-8,11H2,1H3,(H2,27,28)(H,29,34)/t16-,18+,19?/m1/s1. The lowest BCUT2D eigenvalue weighted by Crippen LogP contribution is -2.71. The highest BCUT2D eigenvalue weighted by molar-refractivity contribution is 6.12. The summed E-state index contributed by atoms with van der Waals surface area (Å²) in [4.78, 5) is 45.0. The van der Waals surface area contributed by atoms with Gasteiger partial charge in [-0.2, -0.15) is 13.2 Å². The van der Waals surface area contributed by atoms with Crippen LogP contribution in [0, 0.1) is 11.8 Å². The summed E-state index contributed by atoms with van der Waals surface area (Å²) in [5.41, 5.74) is 6.84. The van der Waals surface area contributed by atoms with E-state index in [1.807, 2.05) is 5.32 Å². The second-order valence-electron chi connectivity index (χ2n) is 8.59. The van der Waals surface area contributed by atoms with Crippen LogP contribution in [0.2, 0.25) is 0 Å². The fourth-order valence-electron chi connectivity index (χ4n) is 4.21. The van der Waals surface area contributed by atoms with Crippen molar-refractivity contribution in [2.75, 3.05) is 17.7 Å². The molecule has 3 atom stereocenters. The first-order valence-electron chi connectivity index (χ1n) is 10.8. The van der Waals surface area contributed by atoms with Crippen LogP contribution in [0.15, 0.2) is 48.7 Å². The van der Waals surface area contributed by atoms with Gasteiger partial charge in [0, 0.05) is 18.9 Å². The maximum atomic E-state index is 13.4. The Bertz CT molecular complexity index is 1090. The van der Waals surface area contributed by atoms with Crippen molar-refractivity contribution in [3.05, 3.63) is 54.2 Å². The fourth-order valence-corrected chi connectivity index (χ4v) is 4.21. The second kappa shape index (κ2) is 8.96. The van der Waals surface area contributed by atoms with E-state index in [9.17, 15) is 27.6 Å². The van der Waals surface area contributed by atoms with E-state index in [-0.39, 0.29) is 12.2 Å². The van der Waals surface area contributed by atoms with Crippen molar-refractivity contribution >= 4 is 29.4 Å². The molecule has 2 aliphatic rings. The summed E-state index contributed by atoms with van der Waals surface area (Å²) in [5.74, 6) is -2.73. The number of nitrogens with one attached hydrogen (secondary N) is 1. The number of hydrogen-bond donors (Lipinski definition) is 2. The molecular weight excluding hydrogens is 451 g/mol. The Morgan fingerprint density at radius 1 is 1.24 bits per heavy atom. The quantitative estimate of drug-likeness (QED) is 0.625. The molecule has 8 nitrogen and oxygen atoms in total. The number of pyridine rings is 1. The molecule has 3 N–H and O–H groups in total. The van der Waals surface area contributed by atoms with Gasteiger partial charge in [0.15, 0.2) is 0 Å². The first-order chi connectivity index (χ1) is 16.1. The lowest BCUT2D eigenvalue weighted by atomic mass is 9.81. The van der Waals surface area contributed by atoms with Crippen molar-refractivity contribution < 1.29 is 27.6 Å². The van der Waals surface area contributed by atoms with Crippen LogP contribution in [0.4, 0.5) is 29.5 Å². The number of rotatable bonds is 6. The highest BCUT2D eigenvalue weighted by Gasteiger charge is 2.57. The number of likely N-dealkylation sites (tertiary alicyclic amines) is 1. The molecule has 11 heteroatoms. The number of imide groups is 1. The Morgan fingerprint density at radius 2 is 1.91 bits per heavy atom. The summed E-state index contributed by atoms with van der Waals surface area (Å²) in [6.07, 6.45) is -2.44. The predicted octanol–water partition coefficient (Wildman–Crippen LogP) is 2.75. The molecule has 0 spiro atoms. The Hall–Kier alpha value is -3.63. The second-order valence-corrected chi connectivity index (χ2v) is 8.59. The first-order valence-corrected chi connectivity index (χ1v) is 10.8. The van der Waals surface area contributed by atoms with Gasteiger partial charge in [-0.25, -0.2) is 9.78 Å². The molecule has 1 saturated carbocycles. The number of para-hydroxylation sites is 1. The van der Waals surface area contributed by atoms with Gasteiger partial charge in [-0.1, -0.05) is 18.2 Å². The van der Waals surface area contributed by atoms with E-state index >= 15 is 0 Å². The Labute approximate surface area is 193 Å². The SMILES string of the molecule is CN(C(=O)[C@@H]1[C@@H](Cc2ccnc(N)c2)C(=O)N1C(=O)NC(C1CC1)C(F)(F)F)c1ccccc1.